The lowest BCUT2D eigenvalue weighted by Crippen LogP contribution is -2.00. The molecule has 0 aliphatic carbocycles. The van der Waals surface area contributed by atoms with Crippen molar-refractivity contribution in [2.45, 2.75) is 0 Å². The molecule has 5 heteroatoms. The molecule has 0 bridgehead atoms. The summed E-state index contributed by atoms with van der Waals surface area (Å²) in [5.74, 6) is 1.84. The van der Waals surface area contributed by atoms with E-state index in [0.717, 1.165) is 55.3 Å². The van der Waals surface area contributed by atoms with Crippen molar-refractivity contribution in [2.24, 2.45) is 0 Å². The number of hydrogen-bond donors (Lipinski definition) is 0. The molecule has 3 heterocycles. The molecule has 0 spiro atoms. The molecule has 0 N–H and O–H groups in total. The topological polar surface area (TPSA) is 51.8 Å². The maximum Gasteiger partial charge on any atom is 0.164 e. The van der Waals surface area contributed by atoms with Crippen LogP contribution in [0.15, 0.2) is 168 Å². The van der Waals surface area contributed by atoms with E-state index in [1.807, 2.05) is 30.3 Å². The molecule has 10 aromatic rings. The van der Waals surface area contributed by atoms with Gasteiger partial charge < -0.3 is 4.42 Å². The van der Waals surface area contributed by atoms with Crippen molar-refractivity contribution >= 4 is 53.4 Å². The van der Waals surface area contributed by atoms with Crippen molar-refractivity contribution in [3.8, 4) is 56.4 Å². The van der Waals surface area contributed by atoms with E-state index in [9.17, 15) is 0 Å². The fourth-order valence-corrected chi connectivity index (χ4v) is 8.04. The van der Waals surface area contributed by atoms with Crippen LogP contribution in [0.3, 0.4) is 0 Å². The summed E-state index contributed by atoms with van der Waals surface area (Å²) in [5.41, 5.74) is 8.83. The molecule has 0 aliphatic rings. The number of rotatable bonds is 5. The van der Waals surface area contributed by atoms with E-state index in [4.69, 9.17) is 19.4 Å². The average molecular weight is 658 g/mol. The fraction of sp³-hybridized carbons (Fsp3) is 0. The van der Waals surface area contributed by atoms with Crippen LogP contribution >= 0.6 is 11.3 Å². The van der Waals surface area contributed by atoms with E-state index in [1.165, 1.54) is 25.7 Å². The van der Waals surface area contributed by atoms with Crippen LogP contribution in [0, 0.1) is 0 Å². The van der Waals surface area contributed by atoms with E-state index >= 15 is 0 Å². The number of furan rings is 1. The monoisotopic (exact) mass is 657 g/mol. The summed E-state index contributed by atoms with van der Waals surface area (Å²) in [6.45, 7) is 0. The van der Waals surface area contributed by atoms with Crippen LogP contribution in [0.25, 0.3) is 98.5 Å². The molecular formula is C45H27N3OS. The first-order valence-electron chi connectivity index (χ1n) is 16.6. The molecule has 0 fully saturated rings. The third-order valence-corrected chi connectivity index (χ3v) is 10.5. The first-order chi connectivity index (χ1) is 24.7. The van der Waals surface area contributed by atoms with Gasteiger partial charge in [-0.15, -0.1) is 11.3 Å². The second kappa shape index (κ2) is 11.6. The lowest BCUT2D eigenvalue weighted by Gasteiger charge is -2.11. The second-order valence-corrected chi connectivity index (χ2v) is 13.5. The molecule has 7 aromatic carbocycles. The molecule has 0 saturated carbocycles. The molecular weight excluding hydrogens is 631 g/mol. The summed E-state index contributed by atoms with van der Waals surface area (Å²) in [5, 5.41) is 4.52. The minimum atomic E-state index is 0.600. The zero-order valence-electron chi connectivity index (χ0n) is 26.7. The predicted molar refractivity (Wildman–Crippen MR) is 207 cm³/mol. The fourth-order valence-electron chi connectivity index (χ4n) is 6.89. The van der Waals surface area contributed by atoms with Crippen molar-refractivity contribution in [3.05, 3.63) is 164 Å². The molecule has 0 atom stereocenters. The maximum atomic E-state index is 6.47. The molecule has 0 saturated heterocycles. The van der Waals surface area contributed by atoms with E-state index < -0.39 is 0 Å². The SMILES string of the molecule is c1ccc(-c2ccc(-c3nc(-c4ccc5c(c4)sc4ccccc45)nc(-c4cc(-c5ccccc5)cc5oc6ccccc6c45)n3)cc2)cc1. The van der Waals surface area contributed by atoms with Gasteiger partial charge in [-0.1, -0.05) is 133 Å². The van der Waals surface area contributed by atoms with Crippen LogP contribution in [0.4, 0.5) is 0 Å². The van der Waals surface area contributed by atoms with E-state index in [1.54, 1.807) is 11.3 Å². The van der Waals surface area contributed by atoms with Crippen molar-refractivity contribution < 1.29 is 4.42 Å². The van der Waals surface area contributed by atoms with Crippen molar-refractivity contribution in [1.82, 2.24) is 15.0 Å². The van der Waals surface area contributed by atoms with E-state index in [-0.39, 0.29) is 0 Å². The number of para-hydroxylation sites is 1. The third-order valence-electron chi connectivity index (χ3n) is 9.35. The van der Waals surface area contributed by atoms with Crippen molar-refractivity contribution in [1.29, 1.82) is 0 Å². The summed E-state index contributed by atoms with van der Waals surface area (Å²) in [4.78, 5) is 15.6. The Labute approximate surface area is 292 Å². The highest BCUT2D eigenvalue weighted by atomic mass is 32.1. The molecule has 234 valence electrons. The smallest absolute Gasteiger partial charge is 0.164 e. The number of benzene rings is 7. The predicted octanol–water partition coefficient (Wildman–Crippen LogP) is 12.5. The van der Waals surface area contributed by atoms with Crippen molar-refractivity contribution in [3.63, 3.8) is 0 Å². The normalized spacial score (nSPS) is 11.6. The third kappa shape index (κ3) is 4.87. The highest BCUT2D eigenvalue weighted by molar-refractivity contribution is 7.25. The number of fused-ring (bicyclic) bond motifs is 6. The van der Waals surface area contributed by atoms with Gasteiger partial charge in [0, 0.05) is 47.6 Å². The first-order valence-corrected chi connectivity index (χ1v) is 17.4. The van der Waals surface area contributed by atoms with Gasteiger partial charge in [-0.3, -0.25) is 0 Å². The summed E-state index contributed by atoms with van der Waals surface area (Å²) >= 11 is 1.79. The number of nitrogens with zero attached hydrogens (tertiary/aromatic N) is 3. The number of thiophene rings is 1. The quantitative estimate of drug-likeness (QED) is 0.185. The molecule has 10 rings (SSSR count). The van der Waals surface area contributed by atoms with Crippen LogP contribution in [-0.4, -0.2) is 15.0 Å². The molecule has 0 amide bonds. The Kier molecular flexibility index (Phi) is 6.64. The van der Waals surface area contributed by atoms with Crippen LogP contribution < -0.4 is 0 Å². The minimum absolute atomic E-state index is 0.600. The van der Waals surface area contributed by atoms with Gasteiger partial charge in [-0.25, -0.2) is 15.0 Å². The van der Waals surface area contributed by atoms with Crippen LogP contribution in [0.5, 0.6) is 0 Å². The average Bonchev–Trinajstić information content (AvgIpc) is 3.76. The van der Waals surface area contributed by atoms with Gasteiger partial charge in [0.1, 0.15) is 11.2 Å². The zero-order chi connectivity index (χ0) is 33.0. The van der Waals surface area contributed by atoms with Gasteiger partial charge in [-0.2, -0.15) is 0 Å². The van der Waals surface area contributed by atoms with Crippen LogP contribution in [0.2, 0.25) is 0 Å². The van der Waals surface area contributed by atoms with Crippen LogP contribution in [-0.2, 0) is 0 Å². The second-order valence-electron chi connectivity index (χ2n) is 12.4. The van der Waals surface area contributed by atoms with E-state index in [2.05, 4.69) is 133 Å². The highest BCUT2D eigenvalue weighted by Crippen LogP contribution is 2.41. The number of aromatic nitrogens is 3. The standard InChI is InChI=1S/C45H27N3OS/c1-3-11-28(12-4-1)30-19-21-31(22-20-30)43-46-44(32-23-24-35-34-15-8-10-18-40(34)50-41(35)27-32)48-45(47-43)37-25-33(29-13-5-2-6-14-29)26-39-42(37)36-16-7-9-17-38(36)49-39/h1-27H. The van der Waals surface area contributed by atoms with E-state index in [0.29, 0.717) is 17.5 Å². The molecule has 0 aliphatic heterocycles. The summed E-state index contributed by atoms with van der Waals surface area (Å²) in [6.07, 6.45) is 0. The van der Waals surface area contributed by atoms with Gasteiger partial charge in [0.15, 0.2) is 17.5 Å². The van der Waals surface area contributed by atoms with Crippen LogP contribution in [0.1, 0.15) is 0 Å². The first kappa shape index (κ1) is 28.6. The summed E-state index contributed by atoms with van der Waals surface area (Å²) in [6, 6.07) is 56.8. The Morgan fingerprint density at radius 2 is 0.920 bits per heavy atom. The summed E-state index contributed by atoms with van der Waals surface area (Å²) in [7, 11) is 0. The lowest BCUT2D eigenvalue weighted by atomic mass is 9.98. The zero-order valence-corrected chi connectivity index (χ0v) is 27.6. The Morgan fingerprint density at radius 1 is 0.360 bits per heavy atom. The van der Waals surface area contributed by atoms with Gasteiger partial charge in [-0.05, 0) is 52.6 Å². The molecule has 3 aromatic heterocycles. The largest absolute Gasteiger partial charge is 0.456 e. The Bertz CT molecular complexity index is 2860. The minimum Gasteiger partial charge on any atom is -0.456 e. The lowest BCUT2D eigenvalue weighted by molar-refractivity contribution is 0.669. The highest BCUT2D eigenvalue weighted by Gasteiger charge is 2.20. The Morgan fingerprint density at radius 3 is 1.70 bits per heavy atom. The van der Waals surface area contributed by atoms with Gasteiger partial charge in [0.25, 0.3) is 0 Å². The molecule has 50 heavy (non-hydrogen) atoms. The summed E-state index contributed by atoms with van der Waals surface area (Å²) < 4.78 is 8.94. The van der Waals surface area contributed by atoms with Crippen molar-refractivity contribution in [2.75, 3.05) is 0 Å². The molecule has 0 radical (unpaired) electrons. The Balaban J connectivity index is 1.22. The molecule has 0 unspecified atom stereocenters. The van der Waals surface area contributed by atoms with Gasteiger partial charge >= 0.3 is 0 Å². The Hall–Kier alpha value is -6.43. The number of hydrogen-bond acceptors (Lipinski definition) is 5. The maximum absolute atomic E-state index is 6.47. The molecule has 4 nitrogen and oxygen atoms in total. The van der Waals surface area contributed by atoms with Gasteiger partial charge in [0.05, 0.1) is 0 Å². The van der Waals surface area contributed by atoms with Gasteiger partial charge in [0.2, 0.25) is 0 Å².